The number of carbonyl (C=O) groups is 1. The summed E-state index contributed by atoms with van der Waals surface area (Å²) in [6.07, 6.45) is 0. The Kier molecular flexibility index (Phi) is 4.45. The van der Waals surface area contributed by atoms with Crippen LogP contribution >= 0.6 is 22.9 Å². The van der Waals surface area contributed by atoms with E-state index < -0.39 is 5.82 Å². The van der Waals surface area contributed by atoms with Crippen molar-refractivity contribution >= 4 is 44.2 Å². The molecule has 7 heteroatoms. The van der Waals surface area contributed by atoms with Crippen LogP contribution in [-0.2, 0) is 4.79 Å². The third-order valence-corrected chi connectivity index (χ3v) is 4.28. The van der Waals surface area contributed by atoms with Crippen molar-refractivity contribution in [2.45, 2.75) is 6.92 Å². The molecule has 1 amide bonds. The zero-order valence-corrected chi connectivity index (χ0v) is 13.7. The minimum absolute atomic E-state index is 0.166. The van der Waals surface area contributed by atoms with E-state index in [1.807, 2.05) is 6.92 Å². The molecule has 0 aliphatic heterocycles. The molecule has 118 valence electrons. The molecule has 0 aliphatic carbocycles. The third kappa shape index (κ3) is 3.60. The topological polar surface area (TPSA) is 51.2 Å². The Bertz CT molecular complexity index is 882. The van der Waals surface area contributed by atoms with Crippen LogP contribution < -0.4 is 10.1 Å². The number of anilines is 1. The van der Waals surface area contributed by atoms with Crippen molar-refractivity contribution in [3.05, 3.63) is 52.8 Å². The van der Waals surface area contributed by atoms with Crippen molar-refractivity contribution in [1.82, 2.24) is 4.98 Å². The van der Waals surface area contributed by atoms with Gasteiger partial charge in [0.2, 0.25) is 0 Å². The molecule has 0 saturated heterocycles. The zero-order valence-electron chi connectivity index (χ0n) is 12.1. The van der Waals surface area contributed by atoms with E-state index in [0.29, 0.717) is 20.6 Å². The highest BCUT2D eigenvalue weighted by molar-refractivity contribution is 7.22. The Labute approximate surface area is 140 Å². The number of amides is 1. The molecule has 0 radical (unpaired) electrons. The van der Waals surface area contributed by atoms with Gasteiger partial charge in [-0.1, -0.05) is 29.0 Å². The molecule has 0 bridgehead atoms. The minimum atomic E-state index is -0.410. The first-order chi connectivity index (χ1) is 11.0. The number of carbonyl (C=O) groups excluding carboxylic acids is 1. The molecule has 0 aliphatic rings. The maximum atomic E-state index is 13.6. The number of nitrogens with one attached hydrogen (secondary N) is 1. The second-order valence-electron chi connectivity index (χ2n) is 4.85. The number of nitrogens with zero attached hydrogens (tertiary/aromatic N) is 1. The Balaban J connectivity index is 1.65. The van der Waals surface area contributed by atoms with Gasteiger partial charge >= 0.3 is 0 Å². The first-order valence-electron chi connectivity index (χ1n) is 6.77. The molecular formula is C16H12ClFN2O2S. The van der Waals surface area contributed by atoms with E-state index in [1.165, 1.54) is 17.4 Å². The molecule has 0 fully saturated rings. The van der Waals surface area contributed by atoms with Crippen LogP contribution in [-0.4, -0.2) is 17.5 Å². The molecule has 1 N–H and O–H groups in total. The summed E-state index contributed by atoms with van der Waals surface area (Å²) in [4.78, 5) is 16.0. The number of benzene rings is 2. The van der Waals surface area contributed by atoms with Crippen molar-refractivity contribution in [1.29, 1.82) is 0 Å². The molecular weight excluding hydrogens is 339 g/mol. The van der Waals surface area contributed by atoms with Gasteiger partial charge in [-0.05, 0) is 42.8 Å². The maximum Gasteiger partial charge on any atom is 0.264 e. The van der Waals surface area contributed by atoms with Gasteiger partial charge in [-0.2, -0.15) is 0 Å². The van der Waals surface area contributed by atoms with Crippen molar-refractivity contribution in [2.24, 2.45) is 0 Å². The predicted molar refractivity (Wildman–Crippen MR) is 89.9 cm³/mol. The van der Waals surface area contributed by atoms with Crippen LogP contribution in [0.5, 0.6) is 5.75 Å². The Hall–Kier alpha value is -2.18. The number of aromatic nitrogens is 1. The van der Waals surface area contributed by atoms with E-state index in [1.54, 1.807) is 30.3 Å². The summed E-state index contributed by atoms with van der Waals surface area (Å²) in [5, 5.41) is 3.56. The quantitative estimate of drug-likeness (QED) is 0.758. The average molecular weight is 351 g/mol. The maximum absolute atomic E-state index is 13.6. The Morgan fingerprint density at radius 3 is 2.96 bits per heavy atom. The van der Waals surface area contributed by atoms with E-state index in [9.17, 15) is 9.18 Å². The number of halogens is 2. The van der Waals surface area contributed by atoms with Gasteiger partial charge in [0.05, 0.1) is 4.70 Å². The molecule has 1 heterocycles. The summed E-state index contributed by atoms with van der Waals surface area (Å²) in [7, 11) is 0. The molecule has 2 aromatic carbocycles. The van der Waals surface area contributed by atoms with Gasteiger partial charge in [0.25, 0.3) is 5.91 Å². The molecule has 0 unspecified atom stereocenters. The number of aryl methyl sites for hydroxylation is 1. The lowest BCUT2D eigenvalue weighted by Crippen LogP contribution is -2.20. The van der Waals surface area contributed by atoms with E-state index in [-0.39, 0.29) is 18.0 Å². The Morgan fingerprint density at radius 2 is 2.22 bits per heavy atom. The van der Waals surface area contributed by atoms with Crippen LogP contribution in [0.25, 0.3) is 10.2 Å². The van der Waals surface area contributed by atoms with E-state index in [4.69, 9.17) is 16.3 Å². The fourth-order valence-corrected chi connectivity index (χ4v) is 3.17. The highest BCUT2D eigenvalue weighted by atomic mass is 35.5. The number of fused-ring (bicyclic) bond motifs is 1. The number of hydrogen-bond acceptors (Lipinski definition) is 4. The molecule has 3 aromatic rings. The fraction of sp³-hybridized carbons (Fsp3) is 0.125. The van der Waals surface area contributed by atoms with Crippen LogP contribution in [0.15, 0.2) is 36.4 Å². The number of ether oxygens (including phenoxy) is 1. The van der Waals surface area contributed by atoms with Gasteiger partial charge in [-0.3, -0.25) is 10.1 Å². The van der Waals surface area contributed by atoms with Gasteiger partial charge in [0.15, 0.2) is 11.7 Å². The van der Waals surface area contributed by atoms with Crippen LogP contribution in [0.3, 0.4) is 0 Å². The summed E-state index contributed by atoms with van der Waals surface area (Å²) in [6, 6.07) is 9.84. The van der Waals surface area contributed by atoms with Crippen molar-refractivity contribution in [2.75, 3.05) is 11.9 Å². The first kappa shape index (κ1) is 15.7. The number of para-hydroxylation sites is 1. The monoisotopic (exact) mass is 350 g/mol. The average Bonchev–Trinajstić information content (AvgIpc) is 2.90. The molecule has 3 rings (SSSR count). The highest BCUT2D eigenvalue weighted by Gasteiger charge is 2.11. The molecule has 0 atom stereocenters. The smallest absolute Gasteiger partial charge is 0.264 e. The number of hydrogen-bond donors (Lipinski definition) is 1. The first-order valence-corrected chi connectivity index (χ1v) is 7.96. The SMILES string of the molecule is Cc1cc(Cl)ccc1OCC(=O)Nc1nc2c(F)cccc2s1. The predicted octanol–water partition coefficient (Wildman–Crippen LogP) is 4.41. The summed E-state index contributed by atoms with van der Waals surface area (Å²) < 4.78 is 19.7. The minimum Gasteiger partial charge on any atom is -0.483 e. The van der Waals surface area contributed by atoms with Crippen molar-refractivity contribution in [3.63, 3.8) is 0 Å². The lowest BCUT2D eigenvalue weighted by molar-refractivity contribution is -0.118. The van der Waals surface area contributed by atoms with Crippen LogP contribution in [0.2, 0.25) is 5.02 Å². The summed E-state index contributed by atoms with van der Waals surface area (Å²) >= 11 is 7.08. The molecule has 0 saturated carbocycles. The van der Waals surface area contributed by atoms with E-state index in [2.05, 4.69) is 10.3 Å². The van der Waals surface area contributed by atoms with Crippen molar-refractivity contribution < 1.29 is 13.9 Å². The number of thiazole rings is 1. The van der Waals surface area contributed by atoms with Gasteiger partial charge < -0.3 is 4.74 Å². The van der Waals surface area contributed by atoms with Crippen molar-refractivity contribution in [3.8, 4) is 5.75 Å². The largest absolute Gasteiger partial charge is 0.483 e. The summed E-state index contributed by atoms with van der Waals surface area (Å²) in [5.41, 5.74) is 1.09. The fourth-order valence-electron chi connectivity index (χ4n) is 2.04. The zero-order chi connectivity index (χ0) is 16.4. The third-order valence-electron chi connectivity index (χ3n) is 3.11. The van der Waals surface area contributed by atoms with Gasteiger partial charge in [0, 0.05) is 5.02 Å². The van der Waals surface area contributed by atoms with Crippen LogP contribution in [0.1, 0.15) is 5.56 Å². The normalized spacial score (nSPS) is 10.7. The second-order valence-corrected chi connectivity index (χ2v) is 6.32. The lowest BCUT2D eigenvalue weighted by Gasteiger charge is -2.08. The van der Waals surface area contributed by atoms with Crippen LogP contribution in [0, 0.1) is 12.7 Å². The standard InChI is InChI=1S/C16H12ClFN2O2S/c1-9-7-10(17)5-6-12(9)22-8-14(21)19-16-20-15-11(18)3-2-4-13(15)23-16/h2-7H,8H2,1H3,(H,19,20,21). The highest BCUT2D eigenvalue weighted by Crippen LogP contribution is 2.27. The number of rotatable bonds is 4. The van der Waals surface area contributed by atoms with Gasteiger partial charge in [0.1, 0.15) is 17.1 Å². The summed E-state index contributed by atoms with van der Waals surface area (Å²) in [6.45, 7) is 1.68. The van der Waals surface area contributed by atoms with E-state index in [0.717, 1.165) is 5.56 Å². The Morgan fingerprint density at radius 1 is 1.39 bits per heavy atom. The van der Waals surface area contributed by atoms with Gasteiger partial charge in [-0.25, -0.2) is 9.37 Å². The molecule has 0 spiro atoms. The lowest BCUT2D eigenvalue weighted by atomic mass is 10.2. The molecule has 1 aromatic heterocycles. The van der Waals surface area contributed by atoms with Crippen LogP contribution in [0.4, 0.5) is 9.52 Å². The van der Waals surface area contributed by atoms with E-state index >= 15 is 0 Å². The molecule has 23 heavy (non-hydrogen) atoms. The second kappa shape index (κ2) is 6.52. The molecule has 4 nitrogen and oxygen atoms in total. The summed E-state index contributed by atoms with van der Waals surface area (Å²) in [5.74, 6) is -0.189. The van der Waals surface area contributed by atoms with Gasteiger partial charge in [-0.15, -0.1) is 0 Å².